The van der Waals surface area contributed by atoms with Gasteiger partial charge in [-0.05, 0) is 48.4 Å². The fraction of sp³-hybridized carbons (Fsp3) is 0.450. The van der Waals surface area contributed by atoms with Crippen LogP contribution < -0.4 is 5.32 Å². The lowest BCUT2D eigenvalue weighted by Gasteiger charge is -2.37. The highest BCUT2D eigenvalue weighted by molar-refractivity contribution is 7.17. The van der Waals surface area contributed by atoms with Crippen molar-refractivity contribution >= 4 is 27.3 Å². The van der Waals surface area contributed by atoms with Gasteiger partial charge < -0.3 is 5.32 Å². The molecule has 0 aliphatic heterocycles. The molecule has 24 heavy (non-hydrogen) atoms. The van der Waals surface area contributed by atoms with E-state index in [2.05, 4.69) is 46.8 Å². The van der Waals surface area contributed by atoms with Crippen LogP contribution in [0.4, 0.5) is 0 Å². The molecule has 2 unspecified atom stereocenters. The zero-order chi connectivity index (χ0) is 16.9. The zero-order valence-corrected chi connectivity index (χ0v) is 14.9. The quantitative estimate of drug-likeness (QED) is 0.846. The van der Waals surface area contributed by atoms with E-state index < -0.39 is 0 Å². The van der Waals surface area contributed by atoms with Gasteiger partial charge >= 0.3 is 0 Å². The summed E-state index contributed by atoms with van der Waals surface area (Å²) in [6, 6.07) is 8.84. The van der Waals surface area contributed by atoms with Gasteiger partial charge in [-0.15, -0.1) is 17.8 Å². The standard InChI is InChI=1S/C20H24N2OS/c1-3-12-22(2)18-9-5-4-8-17(18)21-20(23)14-15-7-6-10-19-16(15)11-13-24-19/h1,6-7,10-11,13,17-18H,4-5,8-9,12,14H2,2H3,(H,21,23). The van der Waals surface area contributed by atoms with Gasteiger partial charge in [0, 0.05) is 16.8 Å². The summed E-state index contributed by atoms with van der Waals surface area (Å²) in [5.74, 6) is 2.82. The van der Waals surface area contributed by atoms with Gasteiger partial charge in [0.25, 0.3) is 0 Å². The number of benzene rings is 1. The predicted molar refractivity (Wildman–Crippen MR) is 101 cm³/mol. The Labute approximate surface area is 148 Å². The highest BCUT2D eigenvalue weighted by atomic mass is 32.1. The summed E-state index contributed by atoms with van der Waals surface area (Å²) in [5, 5.41) is 6.55. The van der Waals surface area contributed by atoms with Crippen LogP contribution in [0.1, 0.15) is 31.2 Å². The van der Waals surface area contributed by atoms with Crippen LogP contribution in [0.25, 0.3) is 10.1 Å². The van der Waals surface area contributed by atoms with Crippen LogP contribution in [0.15, 0.2) is 29.6 Å². The number of thiophene rings is 1. The topological polar surface area (TPSA) is 32.3 Å². The van der Waals surface area contributed by atoms with Crippen LogP contribution in [-0.2, 0) is 11.2 Å². The molecule has 0 spiro atoms. The van der Waals surface area contributed by atoms with Crippen molar-refractivity contribution in [1.82, 2.24) is 10.2 Å². The van der Waals surface area contributed by atoms with Crippen LogP contribution in [0, 0.1) is 12.3 Å². The fourth-order valence-electron chi connectivity index (χ4n) is 3.71. The second kappa shape index (κ2) is 7.83. The summed E-state index contributed by atoms with van der Waals surface area (Å²) >= 11 is 1.72. The Morgan fingerprint density at radius 2 is 2.21 bits per heavy atom. The second-order valence-electron chi connectivity index (χ2n) is 6.57. The molecular formula is C20H24N2OS. The number of nitrogens with one attached hydrogen (secondary N) is 1. The van der Waals surface area contributed by atoms with E-state index in [0.29, 0.717) is 19.0 Å². The molecule has 0 bridgehead atoms. The molecule has 2 atom stereocenters. The summed E-state index contributed by atoms with van der Waals surface area (Å²) < 4.78 is 1.24. The maximum Gasteiger partial charge on any atom is 0.224 e. The summed E-state index contributed by atoms with van der Waals surface area (Å²) in [6.07, 6.45) is 10.4. The molecule has 1 aromatic carbocycles. The van der Waals surface area contributed by atoms with E-state index in [-0.39, 0.29) is 11.9 Å². The number of terminal acetylenes is 1. The first-order valence-corrected chi connectivity index (χ1v) is 9.45. The van der Waals surface area contributed by atoms with Crippen molar-refractivity contribution in [2.45, 2.75) is 44.2 Å². The minimum atomic E-state index is 0.111. The summed E-state index contributed by atoms with van der Waals surface area (Å²) in [4.78, 5) is 14.8. The lowest BCUT2D eigenvalue weighted by molar-refractivity contribution is -0.121. The second-order valence-corrected chi connectivity index (χ2v) is 7.52. The normalized spacial score (nSPS) is 20.9. The molecular weight excluding hydrogens is 316 g/mol. The van der Waals surface area contributed by atoms with Gasteiger partial charge in [-0.1, -0.05) is 30.9 Å². The van der Waals surface area contributed by atoms with Crippen molar-refractivity contribution in [2.75, 3.05) is 13.6 Å². The van der Waals surface area contributed by atoms with Gasteiger partial charge in [0.15, 0.2) is 0 Å². The van der Waals surface area contributed by atoms with Crippen LogP contribution in [-0.4, -0.2) is 36.5 Å². The van der Waals surface area contributed by atoms with E-state index in [9.17, 15) is 4.79 Å². The monoisotopic (exact) mass is 340 g/mol. The van der Waals surface area contributed by atoms with Crippen molar-refractivity contribution in [3.8, 4) is 12.3 Å². The van der Waals surface area contributed by atoms with Crippen molar-refractivity contribution in [1.29, 1.82) is 0 Å². The van der Waals surface area contributed by atoms with Crippen LogP contribution >= 0.6 is 11.3 Å². The smallest absolute Gasteiger partial charge is 0.224 e. The Bertz CT molecular complexity index is 745. The molecule has 3 nitrogen and oxygen atoms in total. The van der Waals surface area contributed by atoms with Crippen molar-refractivity contribution in [3.63, 3.8) is 0 Å². The molecule has 1 aliphatic carbocycles. The minimum absolute atomic E-state index is 0.111. The molecule has 0 saturated heterocycles. The molecule has 0 radical (unpaired) electrons. The zero-order valence-electron chi connectivity index (χ0n) is 14.1. The molecule has 1 saturated carbocycles. The highest BCUT2D eigenvalue weighted by Gasteiger charge is 2.29. The molecule has 1 heterocycles. The fourth-order valence-corrected chi connectivity index (χ4v) is 4.54. The lowest BCUT2D eigenvalue weighted by Crippen LogP contribution is -2.52. The molecule has 3 rings (SSSR count). The Kier molecular flexibility index (Phi) is 5.55. The number of rotatable bonds is 5. The van der Waals surface area contributed by atoms with Gasteiger partial charge in [-0.25, -0.2) is 0 Å². The van der Waals surface area contributed by atoms with Crippen molar-refractivity contribution in [3.05, 3.63) is 35.2 Å². The molecule has 1 fully saturated rings. The van der Waals surface area contributed by atoms with E-state index >= 15 is 0 Å². The lowest BCUT2D eigenvalue weighted by atomic mass is 9.89. The molecule has 1 N–H and O–H groups in total. The Balaban J connectivity index is 1.67. The van der Waals surface area contributed by atoms with Gasteiger partial charge in [-0.3, -0.25) is 9.69 Å². The number of hydrogen-bond acceptors (Lipinski definition) is 3. The largest absolute Gasteiger partial charge is 0.352 e. The molecule has 4 heteroatoms. The van der Waals surface area contributed by atoms with Gasteiger partial charge in [0.1, 0.15) is 0 Å². The summed E-state index contributed by atoms with van der Waals surface area (Å²) in [5.41, 5.74) is 1.11. The molecule has 1 amide bonds. The maximum atomic E-state index is 12.6. The van der Waals surface area contributed by atoms with E-state index in [0.717, 1.165) is 18.4 Å². The first-order valence-electron chi connectivity index (χ1n) is 8.57. The van der Waals surface area contributed by atoms with E-state index in [4.69, 9.17) is 6.42 Å². The number of carbonyl (C=O) groups is 1. The predicted octanol–water partition coefficient (Wildman–Crippen LogP) is 3.44. The first-order chi connectivity index (χ1) is 11.7. The number of nitrogens with zero attached hydrogens (tertiary/aromatic N) is 1. The van der Waals surface area contributed by atoms with E-state index in [1.54, 1.807) is 11.3 Å². The number of fused-ring (bicyclic) bond motifs is 1. The number of likely N-dealkylation sites (N-methyl/N-ethyl adjacent to an activating group) is 1. The highest BCUT2D eigenvalue weighted by Crippen LogP contribution is 2.25. The van der Waals surface area contributed by atoms with Crippen LogP contribution in [0.3, 0.4) is 0 Å². The van der Waals surface area contributed by atoms with Crippen LogP contribution in [0.5, 0.6) is 0 Å². The SMILES string of the molecule is C#CCN(C)C1CCCCC1NC(=O)Cc1cccc2sccc12. The summed E-state index contributed by atoms with van der Waals surface area (Å²) in [6.45, 7) is 0.630. The molecule has 1 aromatic heterocycles. The first kappa shape index (κ1) is 17.0. The third-order valence-corrected chi connectivity index (χ3v) is 5.80. The molecule has 126 valence electrons. The number of hydrogen-bond donors (Lipinski definition) is 1. The number of amides is 1. The van der Waals surface area contributed by atoms with Gasteiger partial charge in [0.2, 0.25) is 5.91 Å². The third kappa shape index (κ3) is 3.80. The molecule has 2 aromatic rings. The Morgan fingerprint density at radius 1 is 1.38 bits per heavy atom. The van der Waals surface area contributed by atoms with Crippen LogP contribution in [0.2, 0.25) is 0 Å². The average molecular weight is 340 g/mol. The van der Waals surface area contributed by atoms with E-state index in [1.807, 2.05) is 6.07 Å². The Morgan fingerprint density at radius 3 is 3.04 bits per heavy atom. The third-order valence-electron chi connectivity index (χ3n) is 4.92. The van der Waals surface area contributed by atoms with Gasteiger partial charge in [0.05, 0.1) is 13.0 Å². The maximum absolute atomic E-state index is 12.6. The average Bonchev–Trinajstić information content (AvgIpc) is 3.05. The van der Waals surface area contributed by atoms with Crippen molar-refractivity contribution < 1.29 is 4.79 Å². The summed E-state index contributed by atoms with van der Waals surface area (Å²) in [7, 11) is 2.06. The molecule has 1 aliphatic rings. The Hall–Kier alpha value is -1.83. The minimum Gasteiger partial charge on any atom is -0.352 e. The number of carbonyl (C=O) groups excluding carboxylic acids is 1. The van der Waals surface area contributed by atoms with Gasteiger partial charge in [-0.2, -0.15) is 0 Å². The van der Waals surface area contributed by atoms with Crippen molar-refractivity contribution in [2.24, 2.45) is 0 Å². The van der Waals surface area contributed by atoms with E-state index in [1.165, 1.54) is 22.9 Å².